The summed E-state index contributed by atoms with van der Waals surface area (Å²) >= 11 is 0. The van der Waals surface area contributed by atoms with Crippen molar-refractivity contribution >= 4 is 15.9 Å². The number of amides is 2. The highest BCUT2D eigenvalue weighted by atomic mass is 32.2. The molecule has 1 aliphatic heterocycles. The van der Waals surface area contributed by atoms with Crippen LogP contribution < -0.4 is 10.6 Å². The summed E-state index contributed by atoms with van der Waals surface area (Å²) in [5.41, 5.74) is 2.56. The van der Waals surface area contributed by atoms with E-state index < -0.39 is 15.1 Å². The molecule has 6 heteroatoms. The zero-order chi connectivity index (χ0) is 14.9. The second-order valence-corrected chi connectivity index (χ2v) is 8.26. The molecule has 0 spiro atoms. The third-order valence-corrected chi connectivity index (χ3v) is 6.62. The number of nitrogens with one attached hydrogen (secondary N) is 2. The van der Waals surface area contributed by atoms with Gasteiger partial charge in [0, 0.05) is 12.6 Å². The lowest BCUT2D eigenvalue weighted by Gasteiger charge is -2.15. The molecule has 1 atom stereocenters. The molecule has 1 saturated heterocycles. The van der Waals surface area contributed by atoms with Gasteiger partial charge in [-0.1, -0.05) is 24.3 Å². The number of urea groups is 1. The van der Waals surface area contributed by atoms with Crippen LogP contribution in [-0.4, -0.2) is 38.0 Å². The van der Waals surface area contributed by atoms with Crippen molar-refractivity contribution in [2.24, 2.45) is 0 Å². The molecule has 1 aliphatic carbocycles. The molecule has 114 valence electrons. The Hall–Kier alpha value is -1.56. The monoisotopic (exact) mass is 308 g/mol. The Morgan fingerprint density at radius 1 is 1.19 bits per heavy atom. The Morgan fingerprint density at radius 2 is 1.86 bits per heavy atom. The van der Waals surface area contributed by atoms with Crippen molar-refractivity contribution in [3.63, 3.8) is 0 Å². The summed E-state index contributed by atoms with van der Waals surface area (Å²) in [6.07, 6.45) is 3.03. The van der Waals surface area contributed by atoms with Gasteiger partial charge in [-0.25, -0.2) is 13.2 Å². The van der Waals surface area contributed by atoms with Gasteiger partial charge in [0.15, 0.2) is 9.84 Å². The first-order valence-corrected chi connectivity index (χ1v) is 9.09. The number of benzene rings is 1. The first-order chi connectivity index (χ1) is 10.0. The molecule has 1 aromatic carbocycles. The fourth-order valence-corrected chi connectivity index (χ4v) is 4.96. The van der Waals surface area contributed by atoms with Crippen LogP contribution in [0.1, 0.15) is 24.0 Å². The SMILES string of the molecule is O=C(NCC1CCCS1(=O)=O)NC1Cc2ccccc2C1. The van der Waals surface area contributed by atoms with Crippen LogP contribution >= 0.6 is 0 Å². The maximum absolute atomic E-state index is 11.9. The Morgan fingerprint density at radius 3 is 2.43 bits per heavy atom. The molecule has 2 N–H and O–H groups in total. The van der Waals surface area contributed by atoms with E-state index in [1.807, 2.05) is 12.1 Å². The molecule has 1 unspecified atom stereocenters. The Labute approximate surface area is 125 Å². The summed E-state index contributed by atoms with van der Waals surface area (Å²) < 4.78 is 23.4. The number of hydrogen-bond donors (Lipinski definition) is 2. The van der Waals surface area contributed by atoms with Crippen molar-refractivity contribution < 1.29 is 13.2 Å². The molecule has 0 aromatic heterocycles. The summed E-state index contributed by atoms with van der Waals surface area (Å²) in [5.74, 6) is 0.249. The average Bonchev–Trinajstić information content (AvgIpc) is 2.98. The molecular weight excluding hydrogens is 288 g/mol. The number of hydrogen-bond acceptors (Lipinski definition) is 3. The van der Waals surface area contributed by atoms with Crippen molar-refractivity contribution in [2.45, 2.75) is 37.0 Å². The summed E-state index contributed by atoms with van der Waals surface area (Å²) in [4.78, 5) is 11.9. The maximum atomic E-state index is 11.9. The van der Waals surface area contributed by atoms with Gasteiger partial charge >= 0.3 is 6.03 Å². The molecular formula is C15H20N2O3S. The Kier molecular flexibility index (Phi) is 3.89. The highest BCUT2D eigenvalue weighted by Gasteiger charge is 2.31. The molecule has 1 fully saturated rings. The number of fused-ring (bicyclic) bond motifs is 1. The van der Waals surface area contributed by atoms with E-state index in [4.69, 9.17) is 0 Å². The fraction of sp³-hybridized carbons (Fsp3) is 0.533. The van der Waals surface area contributed by atoms with Crippen LogP contribution in [0.3, 0.4) is 0 Å². The van der Waals surface area contributed by atoms with Gasteiger partial charge in [0.05, 0.1) is 11.0 Å². The van der Waals surface area contributed by atoms with Crippen molar-refractivity contribution in [3.05, 3.63) is 35.4 Å². The predicted octanol–water partition coefficient (Wildman–Crippen LogP) is 1.03. The zero-order valence-electron chi connectivity index (χ0n) is 11.8. The third kappa shape index (κ3) is 3.20. The van der Waals surface area contributed by atoms with Gasteiger partial charge in [-0.2, -0.15) is 0 Å². The largest absolute Gasteiger partial charge is 0.337 e. The number of rotatable bonds is 3. The minimum atomic E-state index is -3.00. The standard InChI is InChI=1S/C15H20N2O3S/c18-15(16-10-14-6-3-7-21(14,19)20)17-13-8-11-4-1-2-5-12(11)9-13/h1-2,4-5,13-14H,3,6-10H2,(H2,16,17,18). The predicted molar refractivity (Wildman–Crippen MR) is 81.0 cm³/mol. The lowest BCUT2D eigenvalue weighted by atomic mass is 10.1. The molecule has 3 rings (SSSR count). The zero-order valence-corrected chi connectivity index (χ0v) is 12.7. The summed E-state index contributed by atoms with van der Waals surface area (Å²) in [6.45, 7) is 0.216. The van der Waals surface area contributed by atoms with Crippen molar-refractivity contribution in [2.75, 3.05) is 12.3 Å². The topological polar surface area (TPSA) is 75.3 Å². The first kappa shape index (κ1) is 14.4. The van der Waals surface area contributed by atoms with E-state index in [1.54, 1.807) is 0 Å². The van der Waals surface area contributed by atoms with E-state index in [1.165, 1.54) is 11.1 Å². The molecule has 0 bridgehead atoms. The van der Waals surface area contributed by atoms with Gasteiger partial charge in [0.2, 0.25) is 0 Å². The first-order valence-electron chi connectivity index (χ1n) is 7.37. The third-order valence-electron chi connectivity index (χ3n) is 4.34. The fourth-order valence-electron chi connectivity index (χ4n) is 3.19. The molecule has 21 heavy (non-hydrogen) atoms. The van der Waals surface area contributed by atoms with Crippen LogP contribution in [0.2, 0.25) is 0 Å². The van der Waals surface area contributed by atoms with Crippen LogP contribution in [0, 0.1) is 0 Å². The van der Waals surface area contributed by atoms with Crippen LogP contribution in [0.15, 0.2) is 24.3 Å². The minimum Gasteiger partial charge on any atom is -0.337 e. The van der Waals surface area contributed by atoms with Gasteiger partial charge in [-0.05, 0) is 36.8 Å². The van der Waals surface area contributed by atoms with E-state index in [9.17, 15) is 13.2 Å². The number of sulfone groups is 1. The lowest BCUT2D eigenvalue weighted by molar-refractivity contribution is 0.237. The second kappa shape index (κ2) is 5.67. The van der Waals surface area contributed by atoms with Gasteiger partial charge in [0.1, 0.15) is 0 Å². The quantitative estimate of drug-likeness (QED) is 0.876. The molecule has 0 radical (unpaired) electrons. The summed E-state index contributed by atoms with van der Waals surface area (Å²) in [5, 5.41) is 5.22. The van der Waals surface area contributed by atoms with E-state index in [-0.39, 0.29) is 24.4 Å². The van der Waals surface area contributed by atoms with Crippen LogP contribution in [-0.2, 0) is 22.7 Å². The molecule has 1 heterocycles. The number of carbonyl (C=O) groups excluding carboxylic acids is 1. The van der Waals surface area contributed by atoms with Crippen LogP contribution in [0.4, 0.5) is 4.79 Å². The smallest absolute Gasteiger partial charge is 0.315 e. The average molecular weight is 308 g/mol. The van der Waals surface area contributed by atoms with E-state index in [0.29, 0.717) is 12.8 Å². The highest BCUT2D eigenvalue weighted by Crippen LogP contribution is 2.21. The number of carbonyl (C=O) groups is 1. The highest BCUT2D eigenvalue weighted by molar-refractivity contribution is 7.92. The lowest BCUT2D eigenvalue weighted by Crippen LogP contribution is -2.45. The molecule has 2 aliphatic rings. The summed E-state index contributed by atoms with van der Waals surface area (Å²) in [6, 6.07) is 8.01. The Bertz CT molecular complexity index is 617. The Balaban J connectivity index is 1.48. The van der Waals surface area contributed by atoms with E-state index in [0.717, 1.165) is 12.8 Å². The summed E-state index contributed by atoms with van der Waals surface area (Å²) in [7, 11) is -3.00. The van der Waals surface area contributed by atoms with Gasteiger partial charge in [-0.3, -0.25) is 0 Å². The molecule has 5 nitrogen and oxygen atoms in total. The van der Waals surface area contributed by atoms with Gasteiger partial charge in [-0.15, -0.1) is 0 Å². The van der Waals surface area contributed by atoms with Crippen LogP contribution in [0.5, 0.6) is 0 Å². The van der Waals surface area contributed by atoms with Crippen LogP contribution in [0.25, 0.3) is 0 Å². The van der Waals surface area contributed by atoms with Crippen molar-refractivity contribution in [1.82, 2.24) is 10.6 Å². The van der Waals surface area contributed by atoms with Gasteiger partial charge < -0.3 is 10.6 Å². The van der Waals surface area contributed by atoms with E-state index in [2.05, 4.69) is 22.8 Å². The normalized spacial score (nSPS) is 23.7. The maximum Gasteiger partial charge on any atom is 0.315 e. The molecule has 0 saturated carbocycles. The van der Waals surface area contributed by atoms with Crippen molar-refractivity contribution in [3.8, 4) is 0 Å². The van der Waals surface area contributed by atoms with Crippen molar-refractivity contribution in [1.29, 1.82) is 0 Å². The molecule has 1 aromatic rings. The van der Waals surface area contributed by atoms with E-state index >= 15 is 0 Å². The van der Waals surface area contributed by atoms with Gasteiger partial charge in [0.25, 0.3) is 0 Å². The second-order valence-electron chi connectivity index (χ2n) is 5.86. The molecule has 2 amide bonds. The minimum absolute atomic E-state index is 0.0996.